The molecule has 0 radical (unpaired) electrons. The predicted octanol–water partition coefficient (Wildman–Crippen LogP) is 9.34. The van der Waals surface area contributed by atoms with Gasteiger partial charge < -0.3 is 18.7 Å². The van der Waals surface area contributed by atoms with Crippen molar-refractivity contribution in [3.05, 3.63) is 88.5 Å². The van der Waals surface area contributed by atoms with Crippen molar-refractivity contribution >= 4 is 28.2 Å². The average Bonchev–Trinajstić information content (AvgIpc) is 3.89. The largest absolute Gasteiger partial charge is 0.480 e. The van der Waals surface area contributed by atoms with Gasteiger partial charge in [0.1, 0.15) is 28.9 Å². The molecule has 0 unspecified atom stereocenters. The summed E-state index contributed by atoms with van der Waals surface area (Å²) in [6.45, 7) is 3.19. The number of aromatic nitrogens is 2. The minimum atomic E-state index is -3.09. The normalized spacial score (nSPS) is 18.9. The van der Waals surface area contributed by atoms with Crippen LogP contribution in [0.15, 0.2) is 69.5 Å². The van der Waals surface area contributed by atoms with Gasteiger partial charge in [-0.05, 0) is 91.4 Å². The highest BCUT2D eigenvalue weighted by atomic mass is 19.3. The van der Waals surface area contributed by atoms with Crippen LogP contribution in [0.25, 0.3) is 56.2 Å². The molecule has 10 nitrogen and oxygen atoms in total. The zero-order valence-electron chi connectivity index (χ0n) is 31.1. The number of halogens is 4. The Hall–Kier alpha value is -5.78. The van der Waals surface area contributed by atoms with E-state index in [1.807, 2.05) is 56.3 Å². The molecule has 2 saturated heterocycles. The van der Waals surface area contributed by atoms with Crippen LogP contribution in [0.3, 0.4) is 0 Å². The third-order valence-corrected chi connectivity index (χ3v) is 11.7. The number of alkyl halides is 4. The van der Waals surface area contributed by atoms with Crippen LogP contribution in [-0.2, 0) is 17.9 Å². The molecule has 4 aromatic carbocycles. The molecule has 1 saturated carbocycles. The maximum absolute atomic E-state index is 13.5. The first-order valence-electron chi connectivity index (χ1n) is 18.8. The van der Waals surface area contributed by atoms with E-state index in [2.05, 4.69) is 11.0 Å². The van der Waals surface area contributed by atoms with E-state index in [4.69, 9.17) is 23.5 Å². The first-order chi connectivity index (χ1) is 27.3. The number of nitriles is 1. The molecule has 14 heteroatoms. The molecule has 1 spiro atoms. The van der Waals surface area contributed by atoms with Gasteiger partial charge in [-0.15, -0.1) is 0 Å². The Bertz CT molecular complexity index is 2610. The van der Waals surface area contributed by atoms with Gasteiger partial charge in [0.05, 0.1) is 5.56 Å². The van der Waals surface area contributed by atoms with E-state index in [0.29, 0.717) is 78.2 Å². The van der Waals surface area contributed by atoms with E-state index >= 15 is 0 Å². The Morgan fingerprint density at radius 3 is 2.23 bits per heavy atom. The lowest BCUT2D eigenvalue weighted by atomic mass is 9.61. The Morgan fingerprint density at radius 1 is 0.947 bits per heavy atom. The minimum absolute atomic E-state index is 0.0638. The summed E-state index contributed by atoms with van der Waals surface area (Å²) >= 11 is 0. The van der Waals surface area contributed by atoms with Crippen molar-refractivity contribution in [1.82, 2.24) is 19.8 Å². The monoisotopic (exact) mass is 779 g/mol. The third-order valence-electron chi connectivity index (χ3n) is 11.7. The quantitative estimate of drug-likeness (QED) is 0.134. The molecule has 3 fully saturated rings. The number of likely N-dealkylation sites (tertiary alicyclic amines) is 2. The van der Waals surface area contributed by atoms with Crippen LogP contribution < -0.4 is 4.74 Å². The zero-order valence-corrected chi connectivity index (χ0v) is 31.1. The third kappa shape index (κ3) is 6.68. The minimum Gasteiger partial charge on any atom is -0.480 e. The Kier molecular flexibility index (Phi) is 8.86. The number of carboxylic acids is 1. The van der Waals surface area contributed by atoms with Gasteiger partial charge in [-0.25, -0.2) is 18.7 Å². The summed E-state index contributed by atoms with van der Waals surface area (Å²) in [5, 5.41) is 19.7. The molecule has 2 aliphatic heterocycles. The SMILES string of the molecule is Cc1c(-c2nc3cc(CN4CCC[C@H]4C(=O)O)c(OC(F)F)cc3o2)cccc1-c1cccc(-c2nc3cc(CN4CC5(C4)CC(F)(F)C5)cc(C#N)c3o2)c1C. The molecule has 0 amide bonds. The van der Waals surface area contributed by atoms with E-state index < -0.39 is 24.5 Å². The summed E-state index contributed by atoms with van der Waals surface area (Å²) in [5.74, 6) is -2.98. The second-order valence-electron chi connectivity index (χ2n) is 15.7. The maximum atomic E-state index is 13.5. The molecule has 3 aliphatic rings. The highest BCUT2D eigenvalue weighted by Gasteiger charge is 2.61. The first kappa shape index (κ1) is 36.8. The van der Waals surface area contributed by atoms with Crippen molar-refractivity contribution < 1.29 is 41.0 Å². The Labute approximate surface area is 324 Å². The molecule has 2 aromatic heterocycles. The lowest BCUT2D eigenvalue weighted by Gasteiger charge is -2.58. The molecular formula is C43H37F4N5O5. The number of fused-ring (bicyclic) bond motifs is 2. The number of rotatable bonds is 10. The van der Waals surface area contributed by atoms with Crippen LogP contribution in [0.2, 0.25) is 0 Å². The van der Waals surface area contributed by atoms with Crippen LogP contribution in [0.4, 0.5) is 17.6 Å². The van der Waals surface area contributed by atoms with Gasteiger partial charge >= 0.3 is 12.6 Å². The number of carbonyl (C=O) groups is 1. The number of hydrogen-bond donors (Lipinski definition) is 1. The fourth-order valence-corrected chi connectivity index (χ4v) is 9.20. The highest BCUT2D eigenvalue weighted by Crippen LogP contribution is 2.57. The smallest absolute Gasteiger partial charge is 0.387 e. The summed E-state index contributed by atoms with van der Waals surface area (Å²) in [6.07, 6.45) is 1.03. The van der Waals surface area contributed by atoms with Gasteiger partial charge in [-0.2, -0.15) is 14.0 Å². The van der Waals surface area contributed by atoms with Gasteiger partial charge in [0.2, 0.25) is 17.7 Å². The highest BCUT2D eigenvalue weighted by molar-refractivity contribution is 5.86. The van der Waals surface area contributed by atoms with Gasteiger partial charge in [0, 0.05) is 67.2 Å². The van der Waals surface area contributed by atoms with Crippen LogP contribution in [0.5, 0.6) is 5.75 Å². The number of ether oxygens (including phenoxy) is 1. The number of benzene rings is 4. The standard InChI is InChI=1S/C43H37F4N5O5/c1-23-28(6-3-8-30(23)38-49-32-14-27(18-52-11-5-10-34(52)40(53)54)35(56-41(44)45)15-36(32)55-38)29-7-4-9-31(24(29)2)39-50-33-13-25(12-26(16-48)37(33)57-39)17-51-21-42(22-51)19-43(46,47)20-42/h3-4,6-9,12-15,34,41H,5,10-11,17-22H2,1-2H3,(H,53,54)/t34-/m0/s1. The van der Waals surface area contributed by atoms with Gasteiger partial charge in [-0.3, -0.25) is 14.6 Å². The fourth-order valence-electron chi connectivity index (χ4n) is 9.20. The molecule has 1 atom stereocenters. The molecule has 6 aromatic rings. The summed E-state index contributed by atoms with van der Waals surface area (Å²) in [4.78, 5) is 25.2. The van der Waals surface area contributed by atoms with Gasteiger partial charge in [0.15, 0.2) is 11.2 Å². The van der Waals surface area contributed by atoms with E-state index in [-0.39, 0.29) is 42.0 Å². The fraction of sp³-hybridized carbons (Fsp3) is 0.349. The molecule has 57 heavy (non-hydrogen) atoms. The number of hydrogen-bond acceptors (Lipinski definition) is 9. The molecular weight excluding hydrogens is 742 g/mol. The topological polar surface area (TPSA) is 129 Å². The lowest BCUT2D eigenvalue weighted by molar-refractivity contribution is -0.214. The van der Waals surface area contributed by atoms with Crippen molar-refractivity contribution in [2.24, 2.45) is 5.41 Å². The number of carboxylic acid groups (broad SMARTS) is 1. The molecule has 0 bridgehead atoms. The van der Waals surface area contributed by atoms with Crippen molar-refractivity contribution in [1.29, 1.82) is 5.26 Å². The van der Waals surface area contributed by atoms with Crippen molar-refractivity contribution in [2.45, 2.75) is 71.2 Å². The van der Waals surface area contributed by atoms with Gasteiger partial charge in [-0.1, -0.05) is 24.3 Å². The zero-order chi connectivity index (χ0) is 39.8. The van der Waals surface area contributed by atoms with Crippen LogP contribution in [0, 0.1) is 30.6 Å². The maximum Gasteiger partial charge on any atom is 0.387 e. The van der Waals surface area contributed by atoms with Crippen molar-refractivity contribution in [2.75, 3.05) is 19.6 Å². The molecule has 1 aliphatic carbocycles. The predicted molar refractivity (Wildman–Crippen MR) is 202 cm³/mol. The van der Waals surface area contributed by atoms with Crippen LogP contribution >= 0.6 is 0 Å². The van der Waals surface area contributed by atoms with Crippen LogP contribution in [-0.4, -0.2) is 69.1 Å². The Morgan fingerprint density at radius 2 is 1.60 bits per heavy atom. The van der Waals surface area contributed by atoms with Crippen molar-refractivity contribution in [3.8, 4) is 45.9 Å². The average molecular weight is 780 g/mol. The summed E-state index contributed by atoms with van der Waals surface area (Å²) in [5.41, 5.74) is 7.82. The second-order valence-corrected chi connectivity index (χ2v) is 15.7. The van der Waals surface area contributed by atoms with E-state index in [9.17, 15) is 32.7 Å². The van der Waals surface area contributed by atoms with Crippen molar-refractivity contribution in [3.63, 3.8) is 0 Å². The lowest BCUT2D eigenvalue weighted by Crippen LogP contribution is -2.65. The summed E-state index contributed by atoms with van der Waals surface area (Å²) < 4.78 is 71.3. The van der Waals surface area contributed by atoms with Crippen LogP contribution in [0.1, 0.15) is 53.5 Å². The molecule has 4 heterocycles. The molecule has 292 valence electrons. The molecule has 1 N–H and O–H groups in total. The number of nitrogens with zero attached hydrogens (tertiary/aromatic N) is 5. The molecule has 9 rings (SSSR count). The Balaban J connectivity index is 1.01. The van der Waals surface area contributed by atoms with Gasteiger partial charge in [0.25, 0.3) is 0 Å². The number of aliphatic carboxylic acids is 1. The van der Waals surface area contributed by atoms with E-state index in [0.717, 1.165) is 33.4 Å². The van der Waals surface area contributed by atoms with E-state index in [1.54, 1.807) is 17.0 Å². The summed E-state index contributed by atoms with van der Waals surface area (Å²) in [7, 11) is 0. The number of oxazole rings is 2. The second kappa shape index (κ2) is 13.7. The summed E-state index contributed by atoms with van der Waals surface area (Å²) in [6, 6.07) is 19.7. The van der Waals surface area contributed by atoms with E-state index in [1.165, 1.54) is 6.07 Å². The first-order valence-corrected chi connectivity index (χ1v) is 18.8.